The molecule has 0 radical (unpaired) electrons. The summed E-state index contributed by atoms with van der Waals surface area (Å²) in [5.41, 5.74) is 0. The molecule has 5 nitrogen and oxygen atoms in total. The van der Waals surface area contributed by atoms with Crippen molar-refractivity contribution in [2.45, 2.75) is 31.4 Å². The lowest BCUT2D eigenvalue weighted by atomic mass is 10.0. The van der Waals surface area contributed by atoms with Gasteiger partial charge in [0.2, 0.25) is 0 Å². The predicted molar refractivity (Wildman–Crippen MR) is 68.2 cm³/mol. The number of hydrogen-bond acceptors (Lipinski definition) is 5. The number of rotatable bonds is 4. The highest BCUT2D eigenvalue weighted by atomic mass is 35.5. The highest BCUT2D eigenvalue weighted by Crippen LogP contribution is 2.26. The third kappa shape index (κ3) is 4.12. The van der Waals surface area contributed by atoms with Crippen molar-refractivity contribution in [1.29, 1.82) is 0 Å². The largest absolute Gasteiger partial charge is 0.465 e. The summed E-state index contributed by atoms with van der Waals surface area (Å²) in [6, 6.07) is 0. The second kappa shape index (κ2) is 6.56. The van der Waals surface area contributed by atoms with E-state index in [9.17, 15) is 13.2 Å². The number of carbonyl (C=O) groups is 1. The molecule has 0 aliphatic carbocycles. The van der Waals surface area contributed by atoms with Gasteiger partial charge in [0.25, 0.3) is 0 Å². The number of nitrogens with one attached hydrogen (secondary N) is 1. The maximum absolute atomic E-state index is 12.1. The quantitative estimate of drug-likeness (QED) is 0.763. The van der Waals surface area contributed by atoms with Gasteiger partial charge >= 0.3 is 5.97 Å². The van der Waals surface area contributed by atoms with Crippen LogP contribution in [0, 0.1) is 0 Å². The number of esters is 1. The monoisotopic (exact) mass is 285 g/mol. The third-order valence-electron chi connectivity index (χ3n) is 2.92. The lowest BCUT2D eigenvalue weighted by Crippen LogP contribution is -2.50. The number of ether oxygens (including phenoxy) is 1. The molecule has 1 heterocycles. The van der Waals surface area contributed by atoms with E-state index in [1.165, 1.54) is 0 Å². The van der Waals surface area contributed by atoms with E-state index in [-0.39, 0.29) is 19.0 Å². The van der Waals surface area contributed by atoms with Crippen LogP contribution in [0.1, 0.15) is 26.7 Å². The van der Waals surface area contributed by atoms with Gasteiger partial charge in [0.15, 0.2) is 9.84 Å². The molecular weight excluding hydrogens is 266 g/mol. The van der Waals surface area contributed by atoms with Crippen LogP contribution in [-0.2, 0) is 19.4 Å². The molecule has 7 heteroatoms. The maximum Gasteiger partial charge on any atom is 0.321 e. The molecule has 1 atom stereocenters. The van der Waals surface area contributed by atoms with Gasteiger partial charge in [-0.2, -0.15) is 0 Å². The Labute approximate surface area is 109 Å². The molecule has 1 rings (SSSR count). The number of carbonyl (C=O) groups excluding carboxylic acids is 1. The van der Waals surface area contributed by atoms with Crippen LogP contribution in [0.2, 0.25) is 0 Å². The topological polar surface area (TPSA) is 72.5 Å². The molecule has 1 saturated heterocycles. The minimum Gasteiger partial charge on any atom is -0.465 e. The zero-order chi connectivity index (χ0) is 12.2. The first kappa shape index (κ1) is 16.7. The van der Waals surface area contributed by atoms with Crippen molar-refractivity contribution in [3.63, 3.8) is 0 Å². The van der Waals surface area contributed by atoms with Crippen LogP contribution in [0.3, 0.4) is 0 Å². The van der Waals surface area contributed by atoms with E-state index in [4.69, 9.17) is 0 Å². The SMILES string of the molecule is CCOC(=O)CS(=O)(=O)C1(C)CCCNC1.Cl. The first-order valence-corrected chi connectivity index (χ1v) is 7.15. The van der Waals surface area contributed by atoms with Crippen molar-refractivity contribution >= 4 is 28.2 Å². The van der Waals surface area contributed by atoms with Crippen molar-refractivity contribution in [3.8, 4) is 0 Å². The number of sulfone groups is 1. The van der Waals surface area contributed by atoms with E-state index in [1.54, 1.807) is 13.8 Å². The minimum atomic E-state index is -3.44. The number of hydrogen-bond donors (Lipinski definition) is 1. The summed E-state index contributed by atoms with van der Waals surface area (Å²) >= 11 is 0. The fourth-order valence-electron chi connectivity index (χ4n) is 1.83. The van der Waals surface area contributed by atoms with E-state index < -0.39 is 26.3 Å². The summed E-state index contributed by atoms with van der Waals surface area (Å²) in [4.78, 5) is 11.2. The lowest BCUT2D eigenvalue weighted by molar-refractivity contribution is -0.140. The van der Waals surface area contributed by atoms with Gasteiger partial charge in [0.1, 0.15) is 5.75 Å². The molecule has 1 aliphatic rings. The molecule has 102 valence electrons. The van der Waals surface area contributed by atoms with Crippen LogP contribution in [-0.4, -0.2) is 44.6 Å². The second-order valence-corrected chi connectivity index (χ2v) is 6.80. The molecule has 0 saturated carbocycles. The van der Waals surface area contributed by atoms with Gasteiger partial charge in [-0.1, -0.05) is 0 Å². The van der Waals surface area contributed by atoms with Gasteiger partial charge in [-0.15, -0.1) is 12.4 Å². The molecule has 0 spiro atoms. The molecule has 1 aliphatic heterocycles. The summed E-state index contributed by atoms with van der Waals surface area (Å²) in [6.07, 6.45) is 1.42. The van der Waals surface area contributed by atoms with Gasteiger partial charge in [-0.3, -0.25) is 4.79 Å². The summed E-state index contributed by atoms with van der Waals surface area (Å²) in [6.45, 7) is 4.81. The Kier molecular flexibility index (Phi) is 6.43. The fourth-order valence-corrected chi connectivity index (χ4v) is 3.35. The van der Waals surface area contributed by atoms with Crippen molar-refractivity contribution in [3.05, 3.63) is 0 Å². The molecule has 1 fully saturated rings. The summed E-state index contributed by atoms with van der Waals surface area (Å²) in [7, 11) is -3.44. The van der Waals surface area contributed by atoms with Crippen LogP contribution in [0.5, 0.6) is 0 Å². The second-order valence-electron chi connectivity index (χ2n) is 4.29. The normalized spacial score (nSPS) is 24.8. The average Bonchev–Trinajstić information content (AvgIpc) is 2.18. The maximum atomic E-state index is 12.1. The Morgan fingerprint density at radius 2 is 2.12 bits per heavy atom. The minimum absolute atomic E-state index is 0. The van der Waals surface area contributed by atoms with Crippen LogP contribution < -0.4 is 5.32 Å². The molecule has 1 N–H and O–H groups in total. The van der Waals surface area contributed by atoms with E-state index >= 15 is 0 Å². The molecule has 1 unspecified atom stereocenters. The Bertz CT molecular complexity index is 349. The fraction of sp³-hybridized carbons (Fsp3) is 0.900. The van der Waals surface area contributed by atoms with Gasteiger partial charge < -0.3 is 10.1 Å². The smallest absolute Gasteiger partial charge is 0.321 e. The van der Waals surface area contributed by atoms with Crippen molar-refractivity contribution < 1.29 is 17.9 Å². The van der Waals surface area contributed by atoms with E-state index in [0.717, 1.165) is 13.0 Å². The van der Waals surface area contributed by atoms with Crippen LogP contribution in [0.4, 0.5) is 0 Å². The Hall–Kier alpha value is -0.330. The Morgan fingerprint density at radius 1 is 1.47 bits per heavy atom. The first-order valence-electron chi connectivity index (χ1n) is 5.50. The van der Waals surface area contributed by atoms with Crippen LogP contribution in [0.25, 0.3) is 0 Å². The Balaban J connectivity index is 0.00000256. The van der Waals surface area contributed by atoms with E-state index in [2.05, 4.69) is 10.1 Å². The highest BCUT2D eigenvalue weighted by Gasteiger charge is 2.41. The number of piperidine rings is 1. The molecule has 0 aromatic rings. The molecule has 17 heavy (non-hydrogen) atoms. The van der Waals surface area contributed by atoms with Crippen molar-refractivity contribution in [2.24, 2.45) is 0 Å². The van der Waals surface area contributed by atoms with Gasteiger partial charge in [-0.05, 0) is 33.2 Å². The molecule has 0 amide bonds. The van der Waals surface area contributed by atoms with Gasteiger partial charge in [0, 0.05) is 6.54 Å². The summed E-state index contributed by atoms with van der Waals surface area (Å²) in [5, 5.41) is 3.06. The highest BCUT2D eigenvalue weighted by molar-refractivity contribution is 7.93. The summed E-state index contributed by atoms with van der Waals surface area (Å²) < 4.78 is 27.9. The van der Waals surface area contributed by atoms with E-state index in [0.29, 0.717) is 13.0 Å². The zero-order valence-electron chi connectivity index (χ0n) is 10.2. The molecule has 0 bridgehead atoms. The lowest BCUT2D eigenvalue weighted by Gasteiger charge is -2.33. The first-order chi connectivity index (χ1) is 7.41. The van der Waals surface area contributed by atoms with Gasteiger partial charge in [0.05, 0.1) is 11.4 Å². The standard InChI is InChI=1S/C10H19NO4S.ClH/c1-3-15-9(12)7-16(13,14)10(2)5-4-6-11-8-10;/h11H,3-8H2,1-2H3;1H. The van der Waals surface area contributed by atoms with Crippen molar-refractivity contribution in [2.75, 3.05) is 25.4 Å². The zero-order valence-corrected chi connectivity index (χ0v) is 11.8. The van der Waals surface area contributed by atoms with E-state index in [1.807, 2.05) is 0 Å². The van der Waals surface area contributed by atoms with Crippen molar-refractivity contribution in [1.82, 2.24) is 5.32 Å². The number of halogens is 1. The van der Waals surface area contributed by atoms with Gasteiger partial charge in [-0.25, -0.2) is 8.42 Å². The van der Waals surface area contributed by atoms with Crippen LogP contribution in [0.15, 0.2) is 0 Å². The molecule has 0 aromatic heterocycles. The van der Waals surface area contributed by atoms with Crippen LogP contribution >= 0.6 is 12.4 Å². The summed E-state index contributed by atoms with van der Waals surface area (Å²) in [5.74, 6) is -1.17. The Morgan fingerprint density at radius 3 is 2.59 bits per heavy atom. The predicted octanol–water partition coefficient (Wildman–Crippen LogP) is 0.528. The third-order valence-corrected chi connectivity index (χ3v) is 5.39. The average molecular weight is 286 g/mol. The molecular formula is C10H20ClNO4S. The molecule has 0 aromatic carbocycles.